The average Bonchev–Trinajstić information content (AvgIpc) is 3.04. The van der Waals surface area contributed by atoms with Gasteiger partial charge < -0.3 is 10.5 Å². The van der Waals surface area contributed by atoms with Gasteiger partial charge in [0.25, 0.3) is 0 Å². The summed E-state index contributed by atoms with van der Waals surface area (Å²) in [6, 6.07) is 2.67. The Morgan fingerprint density at radius 3 is 2.54 bits per heavy atom. The summed E-state index contributed by atoms with van der Waals surface area (Å²) in [5.74, 6) is -1.47. The van der Waals surface area contributed by atoms with Crippen molar-refractivity contribution < 1.29 is 26.3 Å². The van der Waals surface area contributed by atoms with E-state index in [0.717, 1.165) is 25.0 Å². The van der Waals surface area contributed by atoms with Gasteiger partial charge >= 0.3 is 6.61 Å². The van der Waals surface area contributed by atoms with Gasteiger partial charge in [-0.15, -0.1) is 12.4 Å². The SMILES string of the molecule is Cl.NC1CCC2CN(S(=O)(=O)c3ccc(OC(F)F)c(F)c3)CC12. The molecule has 0 bridgehead atoms. The molecular weight excluding hydrogens is 369 g/mol. The van der Waals surface area contributed by atoms with E-state index >= 15 is 0 Å². The minimum atomic E-state index is -3.88. The van der Waals surface area contributed by atoms with E-state index in [1.54, 1.807) is 0 Å². The van der Waals surface area contributed by atoms with Gasteiger partial charge in [-0.1, -0.05) is 0 Å². The summed E-state index contributed by atoms with van der Waals surface area (Å²) in [7, 11) is -3.88. The monoisotopic (exact) mass is 386 g/mol. The number of rotatable bonds is 4. The van der Waals surface area contributed by atoms with Crippen molar-refractivity contribution in [1.82, 2.24) is 4.31 Å². The quantitative estimate of drug-likeness (QED) is 0.861. The summed E-state index contributed by atoms with van der Waals surface area (Å²) >= 11 is 0. The molecular formula is C14H18ClF3N2O3S. The summed E-state index contributed by atoms with van der Waals surface area (Å²) in [5, 5.41) is 0. The smallest absolute Gasteiger partial charge is 0.387 e. The van der Waals surface area contributed by atoms with Crippen molar-refractivity contribution >= 4 is 22.4 Å². The highest BCUT2D eigenvalue weighted by molar-refractivity contribution is 7.89. The molecule has 3 atom stereocenters. The highest BCUT2D eigenvalue weighted by Crippen LogP contribution is 2.39. The van der Waals surface area contributed by atoms with Crippen LogP contribution in [0.4, 0.5) is 13.2 Å². The molecule has 2 N–H and O–H groups in total. The Balaban J connectivity index is 0.00000208. The Bertz CT molecular complexity index is 705. The summed E-state index contributed by atoms with van der Waals surface area (Å²) in [6.45, 7) is -2.51. The van der Waals surface area contributed by atoms with Gasteiger partial charge in [-0.05, 0) is 42.9 Å². The Labute approximate surface area is 144 Å². The third kappa shape index (κ3) is 3.49. The van der Waals surface area contributed by atoms with Gasteiger partial charge in [-0.25, -0.2) is 12.8 Å². The first kappa shape index (κ1) is 19.3. The van der Waals surface area contributed by atoms with Crippen molar-refractivity contribution in [1.29, 1.82) is 0 Å². The number of benzene rings is 1. The van der Waals surface area contributed by atoms with Crippen LogP contribution >= 0.6 is 12.4 Å². The topological polar surface area (TPSA) is 72.6 Å². The van der Waals surface area contributed by atoms with E-state index < -0.39 is 28.2 Å². The Morgan fingerprint density at radius 1 is 1.25 bits per heavy atom. The van der Waals surface area contributed by atoms with Crippen LogP contribution in [0.5, 0.6) is 5.75 Å². The third-order valence-electron chi connectivity index (χ3n) is 4.64. The lowest BCUT2D eigenvalue weighted by Gasteiger charge is -2.19. The maximum Gasteiger partial charge on any atom is 0.387 e. The molecule has 0 amide bonds. The van der Waals surface area contributed by atoms with Crippen LogP contribution < -0.4 is 10.5 Å². The number of hydrogen-bond donors (Lipinski definition) is 1. The van der Waals surface area contributed by atoms with Gasteiger partial charge in [0.15, 0.2) is 11.6 Å². The van der Waals surface area contributed by atoms with Gasteiger partial charge in [0.2, 0.25) is 10.0 Å². The Morgan fingerprint density at radius 2 is 1.96 bits per heavy atom. The summed E-state index contributed by atoms with van der Waals surface area (Å²) in [4.78, 5) is -0.273. The van der Waals surface area contributed by atoms with Crippen LogP contribution in [-0.2, 0) is 10.0 Å². The number of nitrogens with two attached hydrogens (primary N) is 1. The molecule has 0 spiro atoms. The first-order valence-corrected chi connectivity index (χ1v) is 8.73. The molecule has 3 unspecified atom stereocenters. The number of fused-ring (bicyclic) bond motifs is 1. The van der Waals surface area contributed by atoms with Crippen molar-refractivity contribution in [3.05, 3.63) is 24.0 Å². The predicted molar refractivity (Wildman–Crippen MR) is 83.2 cm³/mol. The van der Waals surface area contributed by atoms with Gasteiger partial charge in [0.05, 0.1) is 4.90 Å². The maximum absolute atomic E-state index is 13.8. The van der Waals surface area contributed by atoms with Crippen LogP contribution in [0.15, 0.2) is 23.1 Å². The summed E-state index contributed by atoms with van der Waals surface area (Å²) in [5.41, 5.74) is 5.99. The van der Waals surface area contributed by atoms with Gasteiger partial charge in [0.1, 0.15) is 0 Å². The van der Waals surface area contributed by atoms with Crippen molar-refractivity contribution in [2.45, 2.75) is 30.4 Å². The molecule has 1 saturated heterocycles. The predicted octanol–water partition coefficient (Wildman–Crippen LogP) is 2.21. The molecule has 24 heavy (non-hydrogen) atoms. The molecule has 136 valence electrons. The lowest BCUT2D eigenvalue weighted by atomic mass is 9.98. The number of hydrogen-bond acceptors (Lipinski definition) is 4. The number of ether oxygens (including phenoxy) is 1. The van der Waals surface area contributed by atoms with Crippen molar-refractivity contribution in [3.8, 4) is 5.75 Å². The Kier molecular flexibility index (Phi) is 5.68. The van der Waals surface area contributed by atoms with Crippen LogP contribution in [0, 0.1) is 17.7 Å². The minimum Gasteiger partial charge on any atom is -0.432 e. The lowest BCUT2D eigenvalue weighted by Crippen LogP contribution is -2.33. The number of alkyl halides is 2. The summed E-state index contributed by atoms with van der Waals surface area (Å²) < 4.78 is 68.5. The van der Waals surface area contributed by atoms with E-state index in [9.17, 15) is 21.6 Å². The normalized spacial score (nSPS) is 27.1. The zero-order chi connectivity index (χ0) is 16.8. The molecule has 1 heterocycles. The molecule has 1 saturated carbocycles. The van der Waals surface area contributed by atoms with Gasteiger partial charge in [-0.3, -0.25) is 0 Å². The highest BCUT2D eigenvalue weighted by atomic mass is 35.5. The van der Waals surface area contributed by atoms with Crippen LogP contribution in [0.25, 0.3) is 0 Å². The molecule has 2 fully saturated rings. The molecule has 2 aliphatic rings. The average molecular weight is 387 g/mol. The first-order chi connectivity index (χ1) is 10.8. The molecule has 1 aliphatic carbocycles. The first-order valence-electron chi connectivity index (χ1n) is 7.29. The van der Waals surface area contributed by atoms with E-state index in [1.165, 1.54) is 4.31 Å². The van der Waals surface area contributed by atoms with E-state index in [-0.39, 0.29) is 35.2 Å². The van der Waals surface area contributed by atoms with Gasteiger partial charge in [0, 0.05) is 19.1 Å². The molecule has 3 rings (SSSR count). The second kappa shape index (κ2) is 7.07. The van der Waals surface area contributed by atoms with E-state index in [1.807, 2.05) is 0 Å². The molecule has 1 aromatic carbocycles. The van der Waals surface area contributed by atoms with Crippen LogP contribution in [-0.4, -0.2) is 38.5 Å². The number of sulfonamides is 1. The Hall–Kier alpha value is -1.03. The van der Waals surface area contributed by atoms with Gasteiger partial charge in [-0.2, -0.15) is 13.1 Å². The van der Waals surface area contributed by atoms with Crippen molar-refractivity contribution in [2.75, 3.05) is 13.1 Å². The largest absolute Gasteiger partial charge is 0.432 e. The number of halogens is 4. The molecule has 10 heteroatoms. The summed E-state index contributed by atoms with van der Waals surface area (Å²) in [6.07, 6.45) is 1.77. The third-order valence-corrected chi connectivity index (χ3v) is 6.46. The molecule has 0 aromatic heterocycles. The second-order valence-electron chi connectivity index (χ2n) is 5.96. The van der Waals surface area contributed by atoms with Crippen LogP contribution in [0.3, 0.4) is 0 Å². The molecule has 1 aromatic rings. The molecule has 0 radical (unpaired) electrons. The minimum absolute atomic E-state index is 0. The zero-order valence-corrected chi connectivity index (χ0v) is 14.2. The maximum atomic E-state index is 13.8. The van der Waals surface area contributed by atoms with E-state index in [2.05, 4.69) is 4.74 Å². The van der Waals surface area contributed by atoms with E-state index in [0.29, 0.717) is 19.2 Å². The zero-order valence-electron chi connectivity index (χ0n) is 12.6. The van der Waals surface area contributed by atoms with Crippen LogP contribution in [0.2, 0.25) is 0 Å². The fraction of sp³-hybridized carbons (Fsp3) is 0.571. The fourth-order valence-electron chi connectivity index (χ4n) is 3.45. The van der Waals surface area contributed by atoms with Crippen molar-refractivity contribution in [3.63, 3.8) is 0 Å². The van der Waals surface area contributed by atoms with E-state index in [4.69, 9.17) is 5.73 Å². The lowest BCUT2D eigenvalue weighted by molar-refractivity contribution is -0.0522. The second-order valence-corrected chi connectivity index (χ2v) is 7.90. The van der Waals surface area contributed by atoms with Crippen molar-refractivity contribution in [2.24, 2.45) is 17.6 Å². The number of nitrogens with zero attached hydrogens (tertiary/aromatic N) is 1. The molecule has 1 aliphatic heterocycles. The molecule has 5 nitrogen and oxygen atoms in total. The fourth-order valence-corrected chi connectivity index (χ4v) is 4.99. The highest BCUT2D eigenvalue weighted by Gasteiger charge is 2.45. The van der Waals surface area contributed by atoms with Crippen LogP contribution in [0.1, 0.15) is 12.8 Å². The standard InChI is InChI=1S/C14H17F3N2O3S.ClH/c15-11-5-9(2-4-13(11)22-14(16)17)23(20,21)19-6-8-1-3-12(18)10(8)7-19;/h2,4-5,8,10,12,14H,1,3,6-7,18H2;1H.